The number of alkyl halides is 3. The topological polar surface area (TPSA) is 14.1 Å². The van der Waals surface area contributed by atoms with Crippen molar-refractivity contribution in [3.8, 4) is 0 Å². The fraction of sp³-hybridized carbons (Fsp3) is 0.600. The van der Waals surface area contributed by atoms with E-state index in [0.29, 0.717) is 17.7 Å². The Balaban J connectivity index is 2.31. The third-order valence-corrected chi connectivity index (χ3v) is 2.76. The van der Waals surface area contributed by atoms with E-state index in [1.54, 1.807) is 0 Å². The Bertz CT molecular complexity index is 323. The number of allylic oxidation sites excluding steroid dienone is 4. The molecule has 14 heavy (non-hydrogen) atoms. The average Bonchev–Trinajstić information content (AvgIpc) is 2.44. The predicted octanol–water partition coefficient (Wildman–Crippen LogP) is 3.27. The number of nitrogens with zero attached hydrogens (tertiary/aromatic N) is 1. The van der Waals surface area contributed by atoms with Crippen LogP contribution in [0, 0.1) is 0 Å². The zero-order chi connectivity index (χ0) is 10.3. The highest BCUT2D eigenvalue weighted by molar-refractivity contribution is 5.46. The highest BCUT2D eigenvalue weighted by Crippen LogP contribution is 2.41. The summed E-state index contributed by atoms with van der Waals surface area (Å²) in [6, 6.07) is 0. The number of hydrogen-bond acceptors (Lipinski definition) is 0. The molecule has 0 aromatic carbocycles. The molecule has 77 valence electrons. The van der Waals surface area contributed by atoms with Gasteiger partial charge in [0.15, 0.2) is 0 Å². The summed E-state index contributed by atoms with van der Waals surface area (Å²) in [5.74, 6) is 0. The number of rotatable bonds is 0. The van der Waals surface area contributed by atoms with Crippen molar-refractivity contribution in [2.45, 2.75) is 38.8 Å². The van der Waals surface area contributed by atoms with Gasteiger partial charge in [0, 0.05) is 5.70 Å². The van der Waals surface area contributed by atoms with Crippen LogP contribution in [0.15, 0.2) is 22.5 Å². The largest absolute Gasteiger partial charge is 0.433 e. The molecule has 1 nitrogen and oxygen atoms in total. The van der Waals surface area contributed by atoms with E-state index in [-0.39, 0.29) is 0 Å². The minimum absolute atomic E-state index is 0.340. The first-order valence-electron chi connectivity index (χ1n) is 4.72. The maximum absolute atomic E-state index is 12.5. The van der Waals surface area contributed by atoms with Gasteiger partial charge in [0.2, 0.25) is 0 Å². The van der Waals surface area contributed by atoms with Crippen molar-refractivity contribution >= 4 is 0 Å². The molecule has 0 amide bonds. The molecule has 0 atom stereocenters. The van der Waals surface area contributed by atoms with E-state index in [1.165, 1.54) is 6.92 Å². The van der Waals surface area contributed by atoms with E-state index in [9.17, 15) is 13.2 Å². The van der Waals surface area contributed by atoms with Crippen LogP contribution >= 0.6 is 0 Å². The van der Waals surface area contributed by atoms with Gasteiger partial charge in [-0.15, -0.1) is 0 Å². The summed E-state index contributed by atoms with van der Waals surface area (Å²) in [6.07, 6.45) is -0.893. The quantitative estimate of drug-likeness (QED) is 0.572. The van der Waals surface area contributed by atoms with Gasteiger partial charge in [-0.3, -0.25) is 0 Å². The van der Waals surface area contributed by atoms with Crippen LogP contribution in [0.1, 0.15) is 32.6 Å². The third-order valence-electron chi connectivity index (χ3n) is 2.76. The molecule has 2 rings (SSSR count). The Labute approximate surface area is 80.7 Å². The molecule has 0 aromatic rings. The fourth-order valence-electron chi connectivity index (χ4n) is 2.05. The molecule has 1 radical (unpaired) electrons. The lowest BCUT2D eigenvalue weighted by Crippen LogP contribution is -2.18. The Morgan fingerprint density at radius 3 is 2.36 bits per heavy atom. The predicted molar refractivity (Wildman–Crippen MR) is 46.4 cm³/mol. The van der Waals surface area contributed by atoms with Crippen LogP contribution in [0.2, 0.25) is 0 Å². The van der Waals surface area contributed by atoms with Gasteiger partial charge in [0.25, 0.3) is 0 Å². The summed E-state index contributed by atoms with van der Waals surface area (Å²) in [7, 11) is 0. The van der Waals surface area contributed by atoms with E-state index in [2.05, 4.69) is 5.32 Å². The molecule has 0 saturated heterocycles. The van der Waals surface area contributed by atoms with Gasteiger partial charge in [-0.25, -0.2) is 5.32 Å². The summed E-state index contributed by atoms with van der Waals surface area (Å²) < 4.78 is 37.4. The van der Waals surface area contributed by atoms with Crippen LogP contribution in [0.4, 0.5) is 13.2 Å². The Morgan fingerprint density at radius 1 is 1.14 bits per heavy atom. The molecule has 0 saturated carbocycles. The second kappa shape index (κ2) is 3.04. The zero-order valence-electron chi connectivity index (χ0n) is 7.91. The van der Waals surface area contributed by atoms with Gasteiger partial charge in [-0.2, -0.15) is 13.2 Å². The van der Waals surface area contributed by atoms with E-state index < -0.39 is 11.9 Å². The van der Waals surface area contributed by atoms with Crippen LogP contribution in [0.25, 0.3) is 0 Å². The summed E-state index contributed by atoms with van der Waals surface area (Å²) in [4.78, 5) is 0. The van der Waals surface area contributed by atoms with Gasteiger partial charge in [0.1, 0.15) is 5.70 Å². The van der Waals surface area contributed by atoms with Crippen molar-refractivity contribution in [2.75, 3.05) is 0 Å². The second-order valence-corrected chi connectivity index (χ2v) is 3.72. The molecule has 0 fully saturated rings. The molecule has 0 N–H and O–H groups in total. The highest BCUT2D eigenvalue weighted by Gasteiger charge is 2.41. The van der Waals surface area contributed by atoms with Crippen molar-refractivity contribution in [3.63, 3.8) is 0 Å². The van der Waals surface area contributed by atoms with Gasteiger partial charge < -0.3 is 0 Å². The molecule has 1 aliphatic heterocycles. The molecular weight excluding hydrogens is 191 g/mol. The van der Waals surface area contributed by atoms with E-state index >= 15 is 0 Å². The molecule has 2 aliphatic rings. The van der Waals surface area contributed by atoms with Crippen molar-refractivity contribution in [3.05, 3.63) is 22.5 Å². The van der Waals surface area contributed by atoms with Crippen molar-refractivity contribution in [1.29, 1.82) is 0 Å². The van der Waals surface area contributed by atoms with Crippen LogP contribution in [0.3, 0.4) is 0 Å². The molecule has 1 heterocycles. The molecule has 0 unspecified atom stereocenters. The molecule has 1 aliphatic carbocycles. The maximum atomic E-state index is 12.5. The lowest BCUT2D eigenvalue weighted by Gasteiger charge is -2.13. The van der Waals surface area contributed by atoms with Crippen LogP contribution in [0.5, 0.6) is 0 Å². The van der Waals surface area contributed by atoms with Crippen LogP contribution < -0.4 is 5.32 Å². The van der Waals surface area contributed by atoms with Crippen molar-refractivity contribution in [2.24, 2.45) is 0 Å². The highest BCUT2D eigenvalue weighted by atomic mass is 19.4. The molecule has 0 bridgehead atoms. The molecule has 0 aromatic heterocycles. The zero-order valence-corrected chi connectivity index (χ0v) is 7.91. The number of halogens is 3. The summed E-state index contributed by atoms with van der Waals surface area (Å²) >= 11 is 0. The van der Waals surface area contributed by atoms with Gasteiger partial charge >= 0.3 is 6.18 Å². The maximum Gasteiger partial charge on any atom is 0.433 e. The minimum atomic E-state index is -4.29. The van der Waals surface area contributed by atoms with Gasteiger partial charge in [-0.05, 0) is 43.8 Å². The van der Waals surface area contributed by atoms with Gasteiger partial charge in [0.05, 0.1) is 0 Å². The van der Waals surface area contributed by atoms with Gasteiger partial charge in [-0.1, -0.05) is 0 Å². The normalized spacial score (nSPS) is 22.6. The minimum Gasteiger partial charge on any atom is -0.248 e. The third kappa shape index (κ3) is 1.42. The molecule has 0 spiro atoms. The van der Waals surface area contributed by atoms with E-state index in [0.717, 1.165) is 24.8 Å². The van der Waals surface area contributed by atoms with Crippen molar-refractivity contribution in [1.82, 2.24) is 5.32 Å². The SMILES string of the molecule is CC1=C(C(F)(F)F)[N]C2=C1CCCC2. The molecule has 4 heteroatoms. The van der Waals surface area contributed by atoms with Crippen LogP contribution in [-0.2, 0) is 0 Å². The lowest BCUT2D eigenvalue weighted by atomic mass is 9.93. The fourth-order valence-corrected chi connectivity index (χ4v) is 2.05. The average molecular weight is 202 g/mol. The Hall–Kier alpha value is -0.930. The van der Waals surface area contributed by atoms with Crippen molar-refractivity contribution < 1.29 is 13.2 Å². The first-order valence-corrected chi connectivity index (χ1v) is 4.72. The Kier molecular flexibility index (Phi) is 2.09. The van der Waals surface area contributed by atoms with Crippen LogP contribution in [-0.4, -0.2) is 6.18 Å². The summed E-state index contributed by atoms with van der Waals surface area (Å²) in [5.41, 5.74) is 1.17. The summed E-state index contributed by atoms with van der Waals surface area (Å²) in [5, 5.41) is 3.70. The lowest BCUT2D eigenvalue weighted by molar-refractivity contribution is -0.0963. The first kappa shape index (κ1) is 9.62. The van der Waals surface area contributed by atoms with E-state index in [1.807, 2.05) is 0 Å². The Morgan fingerprint density at radius 2 is 1.79 bits per heavy atom. The first-order chi connectivity index (χ1) is 6.50. The smallest absolute Gasteiger partial charge is 0.248 e. The monoisotopic (exact) mass is 202 g/mol. The standard InChI is InChI=1S/C10H11F3N/c1-6-7-4-2-3-5-8(7)14-9(6)10(11,12)13/h2-5H2,1H3. The molecular formula is C10H11F3N. The number of hydrogen-bond donors (Lipinski definition) is 0. The van der Waals surface area contributed by atoms with E-state index in [4.69, 9.17) is 0 Å². The summed E-state index contributed by atoms with van der Waals surface area (Å²) in [6.45, 7) is 1.53. The second-order valence-electron chi connectivity index (χ2n) is 3.72.